The zero-order valence-corrected chi connectivity index (χ0v) is 16.3. The van der Waals surface area contributed by atoms with Crippen molar-refractivity contribution in [1.29, 1.82) is 0 Å². The molecule has 0 aliphatic rings. The molecular weight excluding hydrogens is 368 g/mol. The minimum Gasteiger partial charge on any atom is -0.456 e. The van der Waals surface area contributed by atoms with Gasteiger partial charge in [0.1, 0.15) is 5.01 Å². The zero-order chi connectivity index (χ0) is 19.8. The number of anilines is 2. The van der Waals surface area contributed by atoms with Crippen LogP contribution in [0.3, 0.4) is 0 Å². The van der Waals surface area contributed by atoms with Gasteiger partial charge in [0.15, 0.2) is 6.61 Å². The highest BCUT2D eigenvalue weighted by Crippen LogP contribution is 2.19. The van der Waals surface area contributed by atoms with Crippen molar-refractivity contribution in [2.24, 2.45) is 0 Å². The van der Waals surface area contributed by atoms with Gasteiger partial charge in [-0.1, -0.05) is 29.5 Å². The molecule has 0 bridgehead atoms. The Morgan fingerprint density at radius 2 is 1.70 bits per heavy atom. The summed E-state index contributed by atoms with van der Waals surface area (Å²) in [6, 6.07) is 5.69. The predicted molar refractivity (Wildman–Crippen MR) is 103 cm³/mol. The van der Waals surface area contributed by atoms with Gasteiger partial charge in [-0.15, -0.1) is 10.2 Å². The Labute approximate surface area is 161 Å². The van der Waals surface area contributed by atoms with Crippen LogP contribution in [0.4, 0.5) is 10.8 Å². The highest BCUT2D eigenvalue weighted by molar-refractivity contribution is 7.15. The molecule has 144 valence electrons. The number of amides is 2. The number of aromatic nitrogens is 2. The number of esters is 1. The molecule has 0 aliphatic heterocycles. The Balaban J connectivity index is 1.65. The van der Waals surface area contributed by atoms with Gasteiger partial charge in [0.25, 0.3) is 5.91 Å². The van der Waals surface area contributed by atoms with E-state index in [1.54, 1.807) is 6.92 Å². The average molecular weight is 390 g/mol. The topological polar surface area (TPSA) is 110 Å². The van der Waals surface area contributed by atoms with Gasteiger partial charge in [-0.05, 0) is 38.3 Å². The molecule has 0 unspecified atom stereocenters. The Kier molecular flexibility index (Phi) is 7.42. The number of ether oxygens (including phenoxy) is 1. The molecule has 2 N–H and O–H groups in total. The Morgan fingerprint density at radius 1 is 1.00 bits per heavy atom. The summed E-state index contributed by atoms with van der Waals surface area (Å²) in [7, 11) is 0. The summed E-state index contributed by atoms with van der Waals surface area (Å²) in [6.45, 7) is 5.22. The lowest BCUT2D eigenvalue weighted by Crippen LogP contribution is -2.22. The minimum atomic E-state index is -0.522. The van der Waals surface area contributed by atoms with Gasteiger partial charge < -0.3 is 15.4 Å². The smallest absolute Gasteiger partial charge is 0.306 e. The summed E-state index contributed by atoms with van der Waals surface area (Å²) in [5, 5.41) is 14.1. The molecule has 1 heterocycles. The van der Waals surface area contributed by atoms with Crippen molar-refractivity contribution in [2.75, 3.05) is 17.2 Å². The van der Waals surface area contributed by atoms with Crippen molar-refractivity contribution in [3.05, 3.63) is 34.3 Å². The molecule has 0 radical (unpaired) electrons. The van der Waals surface area contributed by atoms with Crippen LogP contribution in [0.1, 0.15) is 35.4 Å². The van der Waals surface area contributed by atoms with Crippen molar-refractivity contribution in [3.63, 3.8) is 0 Å². The van der Waals surface area contributed by atoms with Crippen LogP contribution in [0, 0.1) is 20.8 Å². The molecule has 0 saturated carbocycles. The zero-order valence-electron chi connectivity index (χ0n) is 15.5. The highest BCUT2D eigenvalue weighted by Gasteiger charge is 2.12. The van der Waals surface area contributed by atoms with Crippen molar-refractivity contribution >= 4 is 39.9 Å². The number of rotatable bonds is 8. The van der Waals surface area contributed by atoms with E-state index >= 15 is 0 Å². The number of nitrogens with one attached hydrogen (secondary N) is 2. The van der Waals surface area contributed by atoms with Crippen molar-refractivity contribution in [1.82, 2.24) is 10.2 Å². The maximum atomic E-state index is 11.9. The van der Waals surface area contributed by atoms with Crippen LogP contribution < -0.4 is 10.6 Å². The number of hydrogen-bond donors (Lipinski definition) is 2. The van der Waals surface area contributed by atoms with E-state index < -0.39 is 11.9 Å². The van der Waals surface area contributed by atoms with Gasteiger partial charge in [0.2, 0.25) is 11.0 Å². The van der Waals surface area contributed by atoms with E-state index in [4.69, 9.17) is 4.74 Å². The molecule has 0 atom stereocenters. The monoisotopic (exact) mass is 390 g/mol. The molecule has 2 amide bonds. The Morgan fingerprint density at radius 3 is 2.33 bits per heavy atom. The molecule has 0 aliphatic carbocycles. The number of aryl methyl sites for hydroxylation is 3. The van der Waals surface area contributed by atoms with Gasteiger partial charge in [-0.2, -0.15) is 0 Å². The second-order valence-electron chi connectivity index (χ2n) is 6.00. The third-order valence-corrected chi connectivity index (χ3v) is 4.42. The average Bonchev–Trinajstić information content (AvgIpc) is 3.01. The summed E-state index contributed by atoms with van der Waals surface area (Å²) in [6.07, 6.45) is 0.530. The number of hydrogen-bond acceptors (Lipinski definition) is 7. The van der Waals surface area contributed by atoms with Crippen LogP contribution in [-0.4, -0.2) is 34.6 Å². The molecule has 8 nitrogen and oxygen atoms in total. The molecular formula is C18H22N4O4S. The molecule has 0 spiro atoms. The Bertz CT molecular complexity index is 814. The summed E-state index contributed by atoms with van der Waals surface area (Å²) < 4.78 is 4.96. The van der Waals surface area contributed by atoms with E-state index in [1.807, 2.05) is 32.0 Å². The van der Waals surface area contributed by atoms with Crippen LogP contribution in [0.5, 0.6) is 0 Å². The predicted octanol–water partition coefficient (Wildman–Crippen LogP) is 2.75. The molecule has 0 fully saturated rings. The van der Waals surface area contributed by atoms with E-state index in [-0.39, 0.29) is 25.4 Å². The normalized spacial score (nSPS) is 10.3. The lowest BCUT2D eigenvalue weighted by Gasteiger charge is -2.11. The molecule has 0 saturated heterocycles. The van der Waals surface area contributed by atoms with Gasteiger partial charge in [0, 0.05) is 18.5 Å². The highest BCUT2D eigenvalue weighted by atomic mass is 32.1. The van der Waals surface area contributed by atoms with E-state index in [2.05, 4.69) is 20.8 Å². The second kappa shape index (κ2) is 9.77. The van der Waals surface area contributed by atoms with Gasteiger partial charge in [-0.3, -0.25) is 14.4 Å². The quantitative estimate of drug-likeness (QED) is 0.671. The molecule has 9 heteroatoms. The molecule has 2 rings (SSSR count). The molecule has 1 aromatic carbocycles. The minimum absolute atomic E-state index is 0.0548. The van der Waals surface area contributed by atoms with Gasteiger partial charge in [-0.25, -0.2) is 0 Å². The van der Waals surface area contributed by atoms with Crippen molar-refractivity contribution < 1.29 is 19.1 Å². The first-order valence-corrected chi connectivity index (χ1v) is 9.28. The first kappa shape index (κ1) is 20.5. The van der Waals surface area contributed by atoms with E-state index in [0.29, 0.717) is 11.6 Å². The maximum Gasteiger partial charge on any atom is 0.306 e. The summed E-state index contributed by atoms with van der Waals surface area (Å²) in [4.78, 5) is 35.4. The van der Waals surface area contributed by atoms with E-state index in [0.717, 1.165) is 21.8 Å². The number of nitrogens with zero attached hydrogens (tertiary/aromatic N) is 2. The summed E-state index contributed by atoms with van der Waals surface area (Å²) >= 11 is 1.28. The number of carbonyl (C=O) groups is 3. The third kappa shape index (κ3) is 6.78. The number of benzene rings is 1. The Hall–Kier alpha value is -2.81. The standard InChI is InChI=1S/C18H22N4O4S/c1-11-6-4-7-12(2)17(11)19-15(24)10-26-16(25)9-5-8-14(23)20-18-22-21-13(3)27-18/h4,6-7H,5,8-10H2,1-3H3,(H,19,24)(H,20,22,23). The van der Waals surface area contributed by atoms with Crippen molar-refractivity contribution in [3.8, 4) is 0 Å². The van der Waals surface area contributed by atoms with E-state index in [9.17, 15) is 14.4 Å². The van der Waals surface area contributed by atoms with Crippen LogP contribution in [0.15, 0.2) is 18.2 Å². The van der Waals surface area contributed by atoms with Crippen LogP contribution >= 0.6 is 11.3 Å². The fraction of sp³-hybridized carbons (Fsp3) is 0.389. The van der Waals surface area contributed by atoms with Crippen LogP contribution in [0.25, 0.3) is 0 Å². The van der Waals surface area contributed by atoms with Crippen LogP contribution in [-0.2, 0) is 19.1 Å². The fourth-order valence-electron chi connectivity index (χ4n) is 2.33. The molecule has 2 aromatic rings. The summed E-state index contributed by atoms with van der Waals surface area (Å²) in [5.74, 6) is -1.16. The lowest BCUT2D eigenvalue weighted by atomic mass is 10.1. The number of carbonyl (C=O) groups excluding carboxylic acids is 3. The third-order valence-electron chi connectivity index (χ3n) is 3.67. The van der Waals surface area contributed by atoms with Gasteiger partial charge >= 0.3 is 5.97 Å². The first-order valence-electron chi connectivity index (χ1n) is 8.47. The fourth-order valence-corrected chi connectivity index (χ4v) is 2.94. The first-order chi connectivity index (χ1) is 12.8. The van der Waals surface area contributed by atoms with Crippen molar-refractivity contribution in [2.45, 2.75) is 40.0 Å². The maximum absolute atomic E-state index is 11.9. The van der Waals surface area contributed by atoms with Crippen LogP contribution in [0.2, 0.25) is 0 Å². The lowest BCUT2D eigenvalue weighted by molar-refractivity contribution is -0.147. The number of para-hydroxylation sites is 1. The molecule has 27 heavy (non-hydrogen) atoms. The SMILES string of the molecule is Cc1nnc(NC(=O)CCCC(=O)OCC(=O)Nc2c(C)cccc2C)s1. The second-order valence-corrected chi connectivity index (χ2v) is 7.19. The molecule has 1 aromatic heterocycles. The van der Waals surface area contributed by atoms with Gasteiger partial charge in [0.05, 0.1) is 0 Å². The largest absolute Gasteiger partial charge is 0.456 e. The summed E-state index contributed by atoms with van der Waals surface area (Å²) in [5.41, 5.74) is 2.60. The van der Waals surface area contributed by atoms with E-state index in [1.165, 1.54) is 11.3 Å².